The zero-order valence-corrected chi connectivity index (χ0v) is 19.2. The first-order chi connectivity index (χ1) is 17.1. The molecule has 2 N–H and O–H groups in total. The van der Waals surface area contributed by atoms with Gasteiger partial charge in [0.1, 0.15) is 18.0 Å². The normalized spacial score (nSPS) is 16.0. The molecule has 0 unspecified atom stereocenters. The summed E-state index contributed by atoms with van der Waals surface area (Å²) in [6, 6.07) is 14.9. The Labute approximate surface area is 202 Å². The molecular formula is C27H25FN6O. The van der Waals surface area contributed by atoms with E-state index in [-0.39, 0.29) is 17.6 Å². The van der Waals surface area contributed by atoms with Crippen LogP contribution >= 0.6 is 0 Å². The Balaban J connectivity index is 1.29. The second-order valence-corrected chi connectivity index (χ2v) is 9.18. The average Bonchev–Trinajstić information content (AvgIpc) is 3.73. The smallest absolute Gasteiger partial charge is 0.225 e. The topological polar surface area (TPSA) is 88.2 Å². The summed E-state index contributed by atoms with van der Waals surface area (Å²) in [5.41, 5.74) is 10.4. The van der Waals surface area contributed by atoms with Crippen molar-refractivity contribution in [3.05, 3.63) is 66.9 Å². The predicted octanol–water partition coefficient (Wildman–Crippen LogP) is 4.14. The fourth-order valence-electron chi connectivity index (χ4n) is 4.76. The van der Waals surface area contributed by atoms with Gasteiger partial charge in [0.15, 0.2) is 0 Å². The number of rotatable bonds is 4. The number of hydrogen-bond acceptors (Lipinski definition) is 6. The van der Waals surface area contributed by atoms with Crippen molar-refractivity contribution in [2.24, 2.45) is 5.92 Å². The van der Waals surface area contributed by atoms with Crippen LogP contribution in [0.1, 0.15) is 12.8 Å². The van der Waals surface area contributed by atoms with Gasteiger partial charge < -0.3 is 15.5 Å². The lowest BCUT2D eigenvalue weighted by atomic mass is 10.0. The lowest BCUT2D eigenvalue weighted by Gasteiger charge is -2.36. The number of amides is 1. The summed E-state index contributed by atoms with van der Waals surface area (Å²) in [4.78, 5) is 29.2. The van der Waals surface area contributed by atoms with E-state index in [1.165, 1.54) is 12.4 Å². The van der Waals surface area contributed by atoms with E-state index >= 15 is 4.39 Å². The molecule has 1 aliphatic carbocycles. The molecule has 8 heteroatoms. The zero-order chi connectivity index (χ0) is 23.9. The van der Waals surface area contributed by atoms with Crippen LogP contribution < -0.4 is 10.6 Å². The number of piperazine rings is 1. The minimum absolute atomic E-state index is 0.219. The third-order valence-electron chi connectivity index (χ3n) is 6.83. The van der Waals surface area contributed by atoms with Gasteiger partial charge in [0.2, 0.25) is 5.91 Å². The van der Waals surface area contributed by atoms with Crippen molar-refractivity contribution < 1.29 is 9.18 Å². The Hall–Kier alpha value is -4.07. The first kappa shape index (κ1) is 21.5. The van der Waals surface area contributed by atoms with Crippen molar-refractivity contribution >= 4 is 28.3 Å². The Morgan fingerprint density at radius 1 is 0.886 bits per heavy atom. The van der Waals surface area contributed by atoms with Crippen molar-refractivity contribution in [3.63, 3.8) is 0 Å². The Bertz CT molecular complexity index is 1430. The van der Waals surface area contributed by atoms with Crippen LogP contribution in [0, 0.1) is 11.7 Å². The maximum absolute atomic E-state index is 15.3. The number of benzene rings is 2. The molecule has 2 aliphatic rings. The number of hydrogen-bond donors (Lipinski definition) is 1. The molecule has 1 amide bonds. The summed E-state index contributed by atoms with van der Waals surface area (Å²) in [5, 5.41) is 0.833. The highest BCUT2D eigenvalue weighted by molar-refractivity contribution is 5.95. The van der Waals surface area contributed by atoms with E-state index < -0.39 is 0 Å². The molecule has 0 spiro atoms. The van der Waals surface area contributed by atoms with Crippen LogP contribution in [0.15, 0.2) is 61.1 Å². The number of anilines is 2. The van der Waals surface area contributed by atoms with Gasteiger partial charge in [-0.05, 0) is 60.4 Å². The maximum Gasteiger partial charge on any atom is 0.225 e. The molecule has 1 saturated heterocycles. The van der Waals surface area contributed by atoms with E-state index in [9.17, 15) is 4.79 Å². The molecule has 0 bridgehead atoms. The highest BCUT2D eigenvalue weighted by atomic mass is 19.1. The van der Waals surface area contributed by atoms with Crippen LogP contribution in [0.4, 0.5) is 15.9 Å². The molecule has 0 radical (unpaired) electrons. The molecule has 1 saturated carbocycles. The SMILES string of the molecule is Nc1cc(-c2ccc3ncnc(-c4ccc(N5CCN(C(=O)C6CC6)CC5)c(F)c4)c3c2)ccn1. The second-order valence-electron chi connectivity index (χ2n) is 9.18. The number of halogens is 1. The largest absolute Gasteiger partial charge is 0.384 e. The predicted molar refractivity (Wildman–Crippen MR) is 134 cm³/mol. The van der Waals surface area contributed by atoms with Crippen LogP contribution in [-0.2, 0) is 4.79 Å². The Morgan fingerprint density at radius 2 is 1.66 bits per heavy atom. The summed E-state index contributed by atoms with van der Waals surface area (Å²) in [6.07, 6.45) is 5.19. The number of aromatic nitrogens is 3. The first-order valence-electron chi connectivity index (χ1n) is 11.9. The number of fused-ring (bicyclic) bond motifs is 1. The molecule has 2 aromatic heterocycles. The van der Waals surface area contributed by atoms with Gasteiger partial charge in [0, 0.05) is 49.2 Å². The summed E-state index contributed by atoms with van der Waals surface area (Å²) in [5.74, 6) is 0.624. The van der Waals surface area contributed by atoms with Gasteiger partial charge in [-0.3, -0.25) is 4.79 Å². The number of nitrogens with zero attached hydrogens (tertiary/aromatic N) is 5. The summed E-state index contributed by atoms with van der Waals surface area (Å²) < 4.78 is 15.3. The minimum atomic E-state index is -0.297. The van der Waals surface area contributed by atoms with Crippen LogP contribution in [0.2, 0.25) is 0 Å². The number of pyridine rings is 1. The van der Waals surface area contributed by atoms with Crippen LogP contribution in [0.3, 0.4) is 0 Å². The molecule has 176 valence electrons. The van der Waals surface area contributed by atoms with Crippen molar-refractivity contribution in [1.29, 1.82) is 0 Å². The first-order valence-corrected chi connectivity index (χ1v) is 11.9. The van der Waals surface area contributed by atoms with Gasteiger partial charge in [-0.1, -0.05) is 12.1 Å². The highest BCUT2D eigenvalue weighted by Crippen LogP contribution is 2.34. The Morgan fingerprint density at radius 3 is 2.40 bits per heavy atom. The lowest BCUT2D eigenvalue weighted by molar-refractivity contribution is -0.132. The lowest BCUT2D eigenvalue weighted by Crippen LogP contribution is -2.49. The van der Waals surface area contributed by atoms with E-state index in [0.29, 0.717) is 48.9 Å². The van der Waals surface area contributed by atoms with Crippen molar-refractivity contribution in [3.8, 4) is 22.4 Å². The van der Waals surface area contributed by atoms with E-state index in [4.69, 9.17) is 5.73 Å². The number of carbonyl (C=O) groups is 1. The number of nitrogens with two attached hydrogens (primary N) is 1. The fourth-order valence-corrected chi connectivity index (χ4v) is 4.76. The van der Waals surface area contributed by atoms with E-state index in [1.807, 2.05) is 52.3 Å². The van der Waals surface area contributed by atoms with Crippen molar-refractivity contribution in [2.45, 2.75) is 12.8 Å². The molecular weight excluding hydrogens is 443 g/mol. The van der Waals surface area contributed by atoms with Crippen LogP contribution in [0.25, 0.3) is 33.3 Å². The number of carbonyl (C=O) groups excluding carboxylic acids is 1. The molecule has 4 aromatic rings. The van der Waals surface area contributed by atoms with Crippen LogP contribution in [0.5, 0.6) is 0 Å². The number of nitrogen functional groups attached to an aromatic ring is 1. The van der Waals surface area contributed by atoms with Crippen molar-refractivity contribution in [2.75, 3.05) is 36.8 Å². The third kappa shape index (κ3) is 4.16. The van der Waals surface area contributed by atoms with Gasteiger partial charge in [0.25, 0.3) is 0 Å². The molecule has 6 rings (SSSR count). The van der Waals surface area contributed by atoms with Crippen molar-refractivity contribution in [1.82, 2.24) is 19.9 Å². The second kappa shape index (κ2) is 8.61. The molecule has 0 atom stereocenters. The van der Waals surface area contributed by atoms with Gasteiger partial charge in [-0.25, -0.2) is 19.3 Å². The van der Waals surface area contributed by atoms with Gasteiger partial charge in [-0.15, -0.1) is 0 Å². The third-order valence-corrected chi connectivity index (χ3v) is 6.83. The standard InChI is InChI=1S/C27H25FN6O/c28-22-14-20(4-6-24(22)33-9-11-34(12-10-33)27(35)17-1-2-17)26-21-13-18(3-5-23(21)31-16-32-26)19-7-8-30-25(29)15-19/h3-8,13-17H,1-2,9-12H2,(H2,29,30). The monoisotopic (exact) mass is 468 g/mol. The molecule has 35 heavy (non-hydrogen) atoms. The highest BCUT2D eigenvalue weighted by Gasteiger charge is 2.34. The van der Waals surface area contributed by atoms with E-state index in [2.05, 4.69) is 15.0 Å². The van der Waals surface area contributed by atoms with Gasteiger partial charge >= 0.3 is 0 Å². The van der Waals surface area contributed by atoms with E-state index in [0.717, 1.165) is 34.9 Å². The molecule has 2 fully saturated rings. The molecule has 3 heterocycles. The molecule has 7 nitrogen and oxygen atoms in total. The summed E-state index contributed by atoms with van der Waals surface area (Å²) in [7, 11) is 0. The van der Waals surface area contributed by atoms with Crippen LogP contribution in [-0.4, -0.2) is 51.9 Å². The maximum atomic E-state index is 15.3. The molecule has 1 aliphatic heterocycles. The fraction of sp³-hybridized carbons (Fsp3) is 0.259. The molecule has 2 aromatic carbocycles. The van der Waals surface area contributed by atoms with Gasteiger partial charge in [0.05, 0.1) is 16.9 Å². The van der Waals surface area contributed by atoms with Gasteiger partial charge in [-0.2, -0.15) is 0 Å². The quantitative estimate of drug-likeness (QED) is 0.484. The Kier molecular flexibility index (Phi) is 5.28. The van der Waals surface area contributed by atoms with E-state index in [1.54, 1.807) is 6.20 Å². The average molecular weight is 469 g/mol. The minimum Gasteiger partial charge on any atom is -0.384 e. The summed E-state index contributed by atoms with van der Waals surface area (Å²) >= 11 is 0. The summed E-state index contributed by atoms with van der Waals surface area (Å²) in [6.45, 7) is 2.53. The zero-order valence-electron chi connectivity index (χ0n) is 19.2.